The van der Waals surface area contributed by atoms with E-state index in [0.717, 1.165) is 23.4 Å². The highest BCUT2D eigenvalue weighted by Gasteiger charge is 2.05. The van der Waals surface area contributed by atoms with Gasteiger partial charge in [-0.3, -0.25) is 4.79 Å². The molecule has 0 spiro atoms. The van der Waals surface area contributed by atoms with Gasteiger partial charge in [0.15, 0.2) is 0 Å². The minimum Gasteiger partial charge on any atom is -0.485 e. The maximum absolute atomic E-state index is 11.6. The zero-order valence-electron chi connectivity index (χ0n) is 11.9. The van der Waals surface area contributed by atoms with Crippen LogP contribution in [-0.4, -0.2) is 16.5 Å². The highest BCUT2D eigenvalue weighted by Crippen LogP contribution is 2.22. The fraction of sp³-hybridized carbons (Fsp3) is 0.333. The van der Waals surface area contributed by atoms with Gasteiger partial charge in [-0.25, -0.2) is 4.98 Å². The van der Waals surface area contributed by atoms with Gasteiger partial charge in [0.2, 0.25) is 0 Å². The third-order valence-electron chi connectivity index (χ3n) is 2.98. The van der Waals surface area contributed by atoms with Gasteiger partial charge >= 0.3 is 0 Å². The number of nitrogens with zero attached hydrogens (tertiary/aromatic N) is 1. The molecule has 1 aromatic carbocycles. The van der Waals surface area contributed by atoms with Crippen LogP contribution in [0.15, 0.2) is 29.1 Å². The molecule has 0 fully saturated rings. The SMILES string of the molecule is Cc1cc(Cl)ccc1OCc1nc(CCCN)cc(=O)[nH]1. The number of rotatable bonds is 6. The van der Waals surface area contributed by atoms with Crippen LogP contribution >= 0.6 is 11.6 Å². The molecule has 112 valence electrons. The van der Waals surface area contributed by atoms with Gasteiger partial charge in [-0.15, -0.1) is 0 Å². The standard InChI is InChI=1S/C15H18ClN3O2/c1-10-7-11(16)4-5-13(10)21-9-14-18-12(3-2-6-17)8-15(20)19-14/h4-5,7-8H,2-3,6,9,17H2,1H3,(H,18,19,20). The molecular formula is C15H18ClN3O2. The Kier molecular flexibility index (Phi) is 5.36. The predicted molar refractivity (Wildman–Crippen MR) is 82.8 cm³/mol. The van der Waals surface area contributed by atoms with E-state index in [1.807, 2.05) is 13.0 Å². The van der Waals surface area contributed by atoms with Gasteiger partial charge < -0.3 is 15.5 Å². The van der Waals surface area contributed by atoms with Crippen molar-refractivity contribution in [3.05, 3.63) is 56.7 Å². The lowest BCUT2D eigenvalue weighted by Crippen LogP contribution is -2.15. The molecule has 0 saturated carbocycles. The van der Waals surface area contributed by atoms with E-state index < -0.39 is 0 Å². The summed E-state index contributed by atoms with van der Waals surface area (Å²) >= 11 is 5.90. The summed E-state index contributed by atoms with van der Waals surface area (Å²) in [5.74, 6) is 1.22. The van der Waals surface area contributed by atoms with Gasteiger partial charge in [0.1, 0.15) is 18.2 Å². The molecule has 1 aromatic heterocycles. The van der Waals surface area contributed by atoms with Crippen molar-refractivity contribution in [3.8, 4) is 5.75 Å². The first-order chi connectivity index (χ1) is 10.1. The second kappa shape index (κ2) is 7.24. The number of H-pyrrole nitrogens is 1. The van der Waals surface area contributed by atoms with Crippen LogP contribution in [0.5, 0.6) is 5.75 Å². The number of halogens is 1. The highest BCUT2D eigenvalue weighted by atomic mass is 35.5. The molecule has 0 amide bonds. The number of benzene rings is 1. The van der Waals surface area contributed by atoms with E-state index in [4.69, 9.17) is 22.1 Å². The first-order valence-electron chi connectivity index (χ1n) is 6.76. The van der Waals surface area contributed by atoms with Crippen LogP contribution in [-0.2, 0) is 13.0 Å². The molecule has 2 rings (SSSR count). The Labute approximate surface area is 128 Å². The predicted octanol–water partition coefficient (Wildman–Crippen LogP) is 2.20. The highest BCUT2D eigenvalue weighted by molar-refractivity contribution is 6.30. The molecule has 0 unspecified atom stereocenters. The number of ether oxygens (including phenoxy) is 1. The molecule has 21 heavy (non-hydrogen) atoms. The van der Waals surface area contributed by atoms with E-state index in [-0.39, 0.29) is 12.2 Å². The number of hydrogen-bond acceptors (Lipinski definition) is 4. The number of hydrogen-bond donors (Lipinski definition) is 2. The lowest BCUT2D eigenvalue weighted by molar-refractivity contribution is 0.293. The number of nitrogens with two attached hydrogens (primary N) is 1. The van der Waals surface area contributed by atoms with Crippen LogP contribution in [0.2, 0.25) is 5.02 Å². The summed E-state index contributed by atoms with van der Waals surface area (Å²) in [5.41, 5.74) is 6.96. The Morgan fingerprint density at radius 3 is 2.90 bits per heavy atom. The van der Waals surface area contributed by atoms with E-state index in [0.29, 0.717) is 23.8 Å². The summed E-state index contributed by atoms with van der Waals surface area (Å²) in [7, 11) is 0. The normalized spacial score (nSPS) is 10.6. The second-order valence-corrected chi connectivity index (χ2v) is 5.21. The van der Waals surface area contributed by atoms with Crippen LogP contribution in [0.4, 0.5) is 0 Å². The Morgan fingerprint density at radius 2 is 2.19 bits per heavy atom. The van der Waals surface area contributed by atoms with Crippen molar-refractivity contribution in [2.45, 2.75) is 26.4 Å². The van der Waals surface area contributed by atoms with E-state index in [2.05, 4.69) is 9.97 Å². The monoisotopic (exact) mass is 307 g/mol. The fourth-order valence-corrected chi connectivity index (χ4v) is 2.19. The van der Waals surface area contributed by atoms with E-state index in [1.54, 1.807) is 12.1 Å². The number of aromatic amines is 1. The maximum Gasteiger partial charge on any atom is 0.251 e. The summed E-state index contributed by atoms with van der Waals surface area (Å²) < 4.78 is 5.68. The van der Waals surface area contributed by atoms with Gasteiger partial charge in [-0.2, -0.15) is 0 Å². The van der Waals surface area contributed by atoms with Crippen molar-refractivity contribution in [1.82, 2.24) is 9.97 Å². The van der Waals surface area contributed by atoms with Crippen molar-refractivity contribution in [2.24, 2.45) is 5.73 Å². The molecule has 3 N–H and O–H groups in total. The molecule has 0 atom stereocenters. The first-order valence-corrected chi connectivity index (χ1v) is 7.14. The summed E-state index contributed by atoms with van der Waals surface area (Å²) in [4.78, 5) is 18.6. The Morgan fingerprint density at radius 1 is 1.38 bits per heavy atom. The van der Waals surface area contributed by atoms with Crippen molar-refractivity contribution < 1.29 is 4.74 Å². The zero-order valence-corrected chi connectivity index (χ0v) is 12.6. The minimum atomic E-state index is -0.177. The molecule has 2 aromatic rings. The van der Waals surface area contributed by atoms with Gasteiger partial charge in [-0.05, 0) is 50.1 Å². The van der Waals surface area contributed by atoms with E-state index in [9.17, 15) is 4.79 Å². The van der Waals surface area contributed by atoms with Crippen molar-refractivity contribution >= 4 is 11.6 Å². The van der Waals surface area contributed by atoms with Crippen molar-refractivity contribution in [2.75, 3.05) is 6.54 Å². The largest absolute Gasteiger partial charge is 0.485 e. The topological polar surface area (TPSA) is 81.0 Å². The molecule has 0 radical (unpaired) electrons. The molecule has 5 nitrogen and oxygen atoms in total. The van der Waals surface area contributed by atoms with E-state index in [1.165, 1.54) is 6.07 Å². The molecular weight excluding hydrogens is 290 g/mol. The summed E-state index contributed by atoms with van der Waals surface area (Å²) in [6, 6.07) is 6.88. The van der Waals surface area contributed by atoms with Crippen molar-refractivity contribution in [1.29, 1.82) is 0 Å². The molecule has 6 heteroatoms. The average molecular weight is 308 g/mol. The van der Waals surface area contributed by atoms with Gasteiger partial charge in [-0.1, -0.05) is 11.6 Å². The lowest BCUT2D eigenvalue weighted by Gasteiger charge is -2.09. The summed E-state index contributed by atoms with van der Waals surface area (Å²) in [6.07, 6.45) is 1.49. The average Bonchev–Trinajstić information content (AvgIpc) is 2.43. The third kappa shape index (κ3) is 4.58. The summed E-state index contributed by atoms with van der Waals surface area (Å²) in [5, 5.41) is 0.662. The third-order valence-corrected chi connectivity index (χ3v) is 3.22. The van der Waals surface area contributed by atoms with Gasteiger partial charge in [0, 0.05) is 16.8 Å². The lowest BCUT2D eigenvalue weighted by atomic mass is 10.2. The van der Waals surface area contributed by atoms with Crippen LogP contribution < -0.4 is 16.0 Å². The zero-order chi connectivity index (χ0) is 15.2. The van der Waals surface area contributed by atoms with Crippen LogP contribution in [0.25, 0.3) is 0 Å². The van der Waals surface area contributed by atoms with Crippen LogP contribution in [0, 0.1) is 6.92 Å². The Hall–Kier alpha value is -1.85. The van der Waals surface area contributed by atoms with Crippen LogP contribution in [0.3, 0.4) is 0 Å². The first kappa shape index (κ1) is 15.5. The molecule has 0 aliphatic carbocycles. The second-order valence-electron chi connectivity index (χ2n) is 4.77. The minimum absolute atomic E-state index is 0.177. The number of aryl methyl sites for hydroxylation is 2. The number of aromatic nitrogens is 2. The maximum atomic E-state index is 11.6. The Bertz CT molecular complexity index is 670. The van der Waals surface area contributed by atoms with Gasteiger partial charge in [0.05, 0.1) is 0 Å². The smallest absolute Gasteiger partial charge is 0.251 e. The Balaban J connectivity index is 2.08. The molecule has 1 heterocycles. The molecule has 0 saturated heterocycles. The number of nitrogens with one attached hydrogen (secondary N) is 1. The molecule has 0 aliphatic heterocycles. The van der Waals surface area contributed by atoms with E-state index >= 15 is 0 Å². The quantitative estimate of drug-likeness (QED) is 0.857. The fourth-order valence-electron chi connectivity index (χ4n) is 1.96. The van der Waals surface area contributed by atoms with Crippen LogP contribution in [0.1, 0.15) is 23.5 Å². The molecule has 0 aliphatic rings. The van der Waals surface area contributed by atoms with Gasteiger partial charge in [0.25, 0.3) is 5.56 Å². The summed E-state index contributed by atoms with van der Waals surface area (Å²) in [6.45, 7) is 2.69. The van der Waals surface area contributed by atoms with Crippen molar-refractivity contribution in [3.63, 3.8) is 0 Å². The molecule has 0 bridgehead atoms.